The largest absolute Gasteiger partial charge is 0.307 e. The minimum Gasteiger partial charge on any atom is -0.307 e. The average molecular weight is 275 g/mol. The number of hydrogen-bond donors (Lipinski definition) is 1. The van der Waals surface area contributed by atoms with Gasteiger partial charge in [0.15, 0.2) is 0 Å². The molecule has 0 aliphatic heterocycles. The number of fused-ring (bicyclic) bond motifs is 1. The fraction of sp³-hybridized carbons (Fsp3) is 0. The van der Waals surface area contributed by atoms with Gasteiger partial charge in [-0.15, -0.1) is 0 Å². The first-order valence-electron chi connectivity index (χ1n) is 5.58. The second-order valence-corrected chi connectivity index (χ2v) is 4.47. The first-order chi connectivity index (χ1) is 9.15. The minimum atomic E-state index is -0.388. The maximum atomic E-state index is 13.1. The molecule has 0 unspecified atom stereocenters. The highest BCUT2D eigenvalue weighted by Gasteiger charge is 2.09. The van der Waals surface area contributed by atoms with Crippen LogP contribution in [0.2, 0.25) is 5.02 Å². The minimum absolute atomic E-state index is 0.220. The second-order valence-electron chi connectivity index (χ2n) is 4.07. The Labute approximate surface area is 112 Å². The summed E-state index contributed by atoms with van der Waals surface area (Å²) in [5, 5.41) is 1.08. The lowest BCUT2D eigenvalue weighted by Crippen LogP contribution is -2.03. The van der Waals surface area contributed by atoms with Crippen LogP contribution < -0.4 is 5.56 Å². The number of hydrogen-bond acceptors (Lipinski definition) is 2. The molecule has 0 aliphatic carbocycles. The van der Waals surface area contributed by atoms with Gasteiger partial charge in [0.2, 0.25) is 5.56 Å². The number of nitrogens with zero attached hydrogens (tertiary/aromatic N) is 1. The van der Waals surface area contributed by atoms with Crippen LogP contribution in [0.5, 0.6) is 0 Å². The molecule has 0 spiro atoms. The molecule has 0 saturated carbocycles. The standard InChI is InChI=1S/C14H8ClFN2O/c15-12-7-8(16)1-2-10(12)9-5-6-17-14-11(9)3-4-13(19)18-14/h1-7H,(H,17,18,19). The Hall–Kier alpha value is -2.20. The number of nitrogens with one attached hydrogen (secondary N) is 1. The third kappa shape index (κ3) is 2.11. The van der Waals surface area contributed by atoms with Crippen molar-refractivity contribution in [3.05, 3.63) is 63.8 Å². The van der Waals surface area contributed by atoms with Crippen LogP contribution in [0, 0.1) is 5.82 Å². The number of aromatic nitrogens is 2. The Morgan fingerprint density at radius 2 is 1.95 bits per heavy atom. The number of halogens is 2. The Bertz CT molecular complexity index is 829. The van der Waals surface area contributed by atoms with Gasteiger partial charge in [0.1, 0.15) is 11.5 Å². The van der Waals surface area contributed by atoms with E-state index in [0.717, 1.165) is 10.9 Å². The molecule has 1 N–H and O–H groups in total. The lowest BCUT2D eigenvalue weighted by atomic mass is 10.0. The third-order valence-electron chi connectivity index (χ3n) is 2.85. The second kappa shape index (κ2) is 4.48. The molecular formula is C14H8ClFN2O. The summed E-state index contributed by atoms with van der Waals surface area (Å²) in [7, 11) is 0. The highest BCUT2D eigenvalue weighted by atomic mass is 35.5. The van der Waals surface area contributed by atoms with E-state index < -0.39 is 0 Å². The molecule has 1 aromatic carbocycles. The van der Waals surface area contributed by atoms with Crippen LogP contribution in [0.25, 0.3) is 22.2 Å². The Morgan fingerprint density at radius 1 is 1.11 bits per heavy atom. The third-order valence-corrected chi connectivity index (χ3v) is 3.17. The molecule has 5 heteroatoms. The molecule has 3 rings (SSSR count). The van der Waals surface area contributed by atoms with Crippen molar-refractivity contribution in [2.24, 2.45) is 0 Å². The molecule has 3 aromatic rings. The average Bonchev–Trinajstić information content (AvgIpc) is 2.38. The zero-order chi connectivity index (χ0) is 13.4. The molecule has 2 aromatic heterocycles. The van der Waals surface area contributed by atoms with Gasteiger partial charge in [-0.25, -0.2) is 9.37 Å². The molecule has 0 amide bonds. The van der Waals surface area contributed by atoms with Gasteiger partial charge in [0.05, 0.1) is 5.02 Å². The number of H-pyrrole nitrogens is 1. The topological polar surface area (TPSA) is 45.8 Å². The van der Waals surface area contributed by atoms with Crippen LogP contribution in [0.1, 0.15) is 0 Å². The molecule has 0 bridgehead atoms. The molecule has 0 saturated heterocycles. The first-order valence-corrected chi connectivity index (χ1v) is 5.96. The summed E-state index contributed by atoms with van der Waals surface area (Å²) in [4.78, 5) is 18.0. The molecule has 2 heterocycles. The fourth-order valence-corrected chi connectivity index (χ4v) is 2.27. The lowest BCUT2D eigenvalue weighted by Gasteiger charge is -2.07. The van der Waals surface area contributed by atoms with Gasteiger partial charge in [0, 0.05) is 23.2 Å². The van der Waals surface area contributed by atoms with E-state index in [4.69, 9.17) is 11.6 Å². The van der Waals surface area contributed by atoms with Crippen molar-refractivity contribution in [3.8, 4) is 11.1 Å². The van der Waals surface area contributed by atoms with Crippen LogP contribution in [-0.2, 0) is 0 Å². The van der Waals surface area contributed by atoms with Gasteiger partial charge >= 0.3 is 0 Å². The van der Waals surface area contributed by atoms with E-state index in [-0.39, 0.29) is 11.4 Å². The van der Waals surface area contributed by atoms with Gasteiger partial charge in [0.25, 0.3) is 0 Å². The summed E-state index contributed by atoms with van der Waals surface area (Å²) in [6.07, 6.45) is 1.58. The van der Waals surface area contributed by atoms with E-state index in [1.807, 2.05) is 0 Å². The zero-order valence-electron chi connectivity index (χ0n) is 9.65. The highest BCUT2D eigenvalue weighted by Crippen LogP contribution is 2.32. The molecule has 3 nitrogen and oxygen atoms in total. The van der Waals surface area contributed by atoms with Gasteiger partial charge in [-0.05, 0) is 35.9 Å². The smallest absolute Gasteiger partial charge is 0.249 e. The summed E-state index contributed by atoms with van der Waals surface area (Å²) in [6, 6.07) is 9.09. The highest BCUT2D eigenvalue weighted by molar-refractivity contribution is 6.33. The van der Waals surface area contributed by atoms with Gasteiger partial charge < -0.3 is 4.98 Å². The number of aromatic amines is 1. The summed E-state index contributed by atoms with van der Waals surface area (Å²) in [6.45, 7) is 0. The normalized spacial score (nSPS) is 10.8. The molecule has 0 atom stereocenters. The quantitative estimate of drug-likeness (QED) is 0.739. The van der Waals surface area contributed by atoms with Crippen molar-refractivity contribution in [2.45, 2.75) is 0 Å². The molecule has 0 aliphatic rings. The maximum Gasteiger partial charge on any atom is 0.249 e. The molecule has 94 valence electrons. The van der Waals surface area contributed by atoms with Gasteiger partial charge in [-0.1, -0.05) is 11.6 Å². The van der Waals surface area contributed by atoms with E-state index in [2.05, 4.69) is 9.97 Å². The van der Waals surface area contributed by atoms with E-state index in [1.165, 1.54) is 18.2 Å². The number of rotatable bonds is 1. The Kier molecular flexibility index (Phi) is 2.80. The predicted molar refractivity (Wildman–Crippen MR) is 72.8 cm³/mol. The van der Waals surface area contributed by atoms with E-state index in [0.29, 0.717) is 16.2 Å². The zero-order valence-corrected chi connectivity index (χ0v) is 10.4. The Balaban J connectivity index is 2.33. The van der Waals surface area contributed by atoms with Gasteiger partial charge in [-0.2, -0.15) is 0 Å². The maximum absolute atomic E-state index is 13.1. The van der Waals surface area contributed by atoms with Crippen molar-refractivity contribution >= 4 is 22.6 Å². The molecule has 0 fully saturated rings. The number of pyridine rings is 2. The van der Waals surface area contributed by atoms with E-state index in [9.17, 15) is 9.18 Å². The van der Waals surface area contributed by atoms with Crippen molar-refractivity contribution in [3.63, 3.8) is 0 Å². The monoisotopic (exact) mass is 274 g/mol. The van der Waals surface area contributed by atoms with Crippen LogP contribution in [0.3, 0.4) is 0 Å². The van der Waals surface area contributed by atoms with Crippen LogP contribution in [0.15, 0.2) is 47.4 Å². The number of benzene rings is 1. The van der Waals surface area contributed by atoms with E-state index >= 15 is 0 Å². The first kappa shape index (κ1) is 11.9. The molecular weight excluding hydrogens is 267 g/mol. The lowest BCUT2D eigenvalue weighted by molar-refractivity contribution is 0.628. The summed E-state index contributed by atoms with van der Waals surface area (Å²) < 4.78 is 13.1. The van der Waals surface area contributed by atoms with Crippen LogP contribution in [-0.4, -0.2) is 9.97 Å². The summed E-state index contributed by atoms with van der Waals surface area (Å²) >= 11 is 6.06. The van der Waals surface area contributed by atoms with Crippen molar-refractivity contribution in [2.75, 3.05) is 0 Å². The van der Waals surface area contributed by atoms with Crippen molar-refractivity contribution in [1.29, 1.82) is 0 Å². The van der Waals surface area contributed by atoms with Crippen molar-refractivity contribution in [1.82, 2.24) is 9.97 Å². The predicted octanol–water partition coefficient (Wildman–Crippen LogP) is 3.38. The SMILES string of the molecule is O=c1ccc2c(-c3ccc(F)cc3Cl)ccnc2[nH]1. The van der Waals surface area contributed by atoms with Gasteiger partial charge in [-0.3, -0.25) is 4.79 Å². The van der Waals surface area contributed by atoms with E-state index in [1.54, 1.807) is 24.4 Å². The molecule has 19 heavy (non-hydrogen) atoms. The summed E-state index contributed by atoms with van der Waals surface area (Å²) in [5.74, 6) is -0.388. The van der Waals surface area contributed by atoms with Crippen molar-refractivity contribution < 1.29 is 4.39 Å². The van der Waals surface area contributed by atoms with Crippen LogP contribution in [0.4, 0.5) is 4.39 Å². The fourth-order valence-electron chi connectivity index (χ4n) is 2.00. The van der Waals surface area contributed by atoms with Crippen LogP contribution >= 0.6 is 11.6 Å². The Morgan fingerprint density at radius 3 is 2.74 bits per heavy atom. The molecule has 0 radical (unpaired) electrons. The summed E-state index contributed by atoms with van der Waals surface area (Å²) in [5.41, 5.74) is 1.75.